The van der Waals surface area contributed by atoms with E-state index in [2.05, 4.69) is 38.4 Å². The third-order valence-corrected chi connectivity index (χ3v) is 7.10. The number of H-pyrrole nitrogens is 1. The molecule has 0 aliphatic heterocycles. The molecule has 0 fully saturated rings. The third kappa shape index (κ3) is 5.40. The maximum Gasteiger partial charge on any atom is 0.253 e. The molecule has 5 rings (SSSR count). The van der Waals surface area contributed by atoms with Gasteiger partial charge in [0.2, 0.25) is 0 Å². The molecule has 0 saturated carbocycles. The SMILES string of the molecule is COCCn1nnnc1[C@@H](c1cc2cc(C)c(C)cc2[nH]c1=O)N(Cc1ccco1)Cc1ccccc1Cl. The zero-order valence-corrected chi connectivity index (χ0v) is 22.3. The summed E-state index contributed by atoms with van der Waals surface area (Å²) in [6.07, 6.45) is 1.63. The standard InChI is InChI=1S/C28H29ClN6O3/c1-18-13-21-15-23(28(36)30-25(21)14-19(18)2)26(27-31-32-33-35(27)10-12-37-3)34(17-22-8-6-11-38-22)16-20-7-4-5-9-24(20)29/h4-9,11,13-15,26H,10,12,16-17H2,1-3H3,(H,30,36)/t26-/m1/s1. The van der Waals surface area contributed by atoms with Crippen molar-refractivity contribution in [2.24, 2.45) is 0 Å². The van der Waals surface area contributed by atoms with Crippen molar-refractivity contribution in [3.63, 3.8) is 0 Å². The van der Waals surface area contributed by atoms with Crippen LogP contribution in [0.1, 0.15) is 39.9 Å². The van der Waals surface area contributed by atoms with E-state index in [1.54, 1.807) is 18.1 Å². The highest BCUT2D eigenvalue weighted by Crippen LogP contribution is 2.32. The van der Waals surface area contributed by atoms with Crippen LogP contribution in [-0.2, 0) is 24.4 Å². The lowest BCUT2D eigenvalue weighted by Crippen LogP contribution is -2.35. The Balaban J connectivity index is 1.71. The number of aromatic nitrogens is 5. The molecule has 0 amide bonds. The number of aromatic amines is 1. The van der Waals surface area contributed by atoms with Gasteiger partial charge in [0.1, 0.15) is 11.8 Å². The minimum absolute atomic E-state index is 0.212. The summed E-state index contributed by atoms with van der Waals surface area (Å²) in [4.78, 5) is 18.9. The van der Waals surface area contributed by atoms with Crippen molar-refractivity contribution in [3.8, 4) is 0 Å². The highest BCUT2D eigenvalue weighted by molar-refractivity contribution is 6.31. The molecule has 0 aliphatic rings. The molecular weight excluding hydrogens is 504 g/mol. The number of nitrogens with one attached hydrogen (secondary N) is 1. The molecule has 0 radical (unpaired) electrons. The summed E-state index contributed by atoms with van der Waals surface area (Å²) in [6.45, 7) is 5.75. The molecule has 196 valence electrons. The van der Waals surface area contributed by atoms with E-state index < -0.39 is 6.04 Å². The Morgan fingerprint density at radius 2 is 1.92 bits per heavy atom. The van der Waals surface area contributed by atoms with Crippen molar-refractivity contribution < 1.29 is 9.15 Å². The number of furan rings is 1. The summed E-state index contributed by atoms with van der Waals surface area (Å²) in [5.41, 5.74) is 4.25. The molecule has 1 atom stereocenters. The molecule has 38 heavy (non-hydrogen) atoms. The average Bonchev–Trinajstić information content (AvgIpc) is 3.58. The number of tetrazole rings is 1. The maximum atomic E-state index is 13.7. The van der Waals surface area contributed by atoms with Crippen molar-refractivity contribution in [2.45, 2.75) is 39.5 Å². The Morgan fingerprint density at radius 3 is 2.68 bits per heavy atom. The summed E-state index contributed by atoms with van der Waals surface area (Å²) in [7, 11) is 1.63. The maximum absolute atomic E-state index is 13.7. The Morgan fingerprint density at radius 1 is 1.11 bits per heavy atom. The van der Waals surface area contributed by atoms with Crippen LogP contribution >= 0.6 is 11.6 Å². The van der Waals surface area contributed by atoms with E-state index in [4.69, 9.17) is 20.8 Å². The smallest absolute Gasteiger partial charge is 0.253 e. The highest BCUT2D eigenvalue weighted by Gasteiger charge is 2.31. The fourth-order valence-electron chi connectivity index (χ4n) is 4.63. The van der Waals surface area contributed by atoms with Gasteiger partial charge < -0.3 is 14.1 Å². The minimum Gasteiger partial charge on any atom is -0.468 e. The second-order valence-electron chi connectivity index (χ2n) is 9.31. The molecule has 3 aromatic heterocycles. The van der Waals surface area contributed by atoms with Gasteiger partial charge >= 0.3 is 0 Å². The van der Waals surface area contributed by atoms with Gasteiger partial charge in [-0.05, 0) is 82.7 Å². The number of nitrogens with zero attached hydrogens (tertiary/aromatic N) is 5. The molecule has 3 heterocycles. The fraction of sp³-hybridized carbons (Fsp3) is 0.286. The summed E-state index contributed by atoms with van der Waals surface area (Å²) in [6, 6.07) is 16.8. The predicted molar refractivity (Wildman–Crippen MR) is 145 cm³/mol. The molecule has 0 spiro atoms. The van der Waals surface area contributed by atoms with Crippen LogP contribution in [0.25, 0.3) is 10.9 Å². The number of halogens is 1. The number of benzene rings is 2. The van der Waals surface area contributed by atoms with Gasteiger partial charge in [0.25, 0.3) is 5.56 Å². The van der Waals surface area contributed by atoms with Gasteiger partial charge in [-0.1, -0.05) is 29.8 Å². The first-order valence-electron chi connectivity index (χ1n) is 12.3. The van der Waals surface area contributed by atoms with E-state index in [1.165, 1.54) is 0 Å². The normalized spacial score (nSPS) is 12.4. The third-order valence-electron chi connectivity index (χ3n) is 6.73. The molecule has 9 nitrogen and oxygen atoms in total. The Hall–Kier alpha value is -3.79. The van der Waals surface area contributed by atoms with E-state index in [0.29, 0.717) is 42.7 Å². The second kappa shape index (κ2) is 11.3. The van der Waals surface area contributed by atoms with Crippen LogP contribution in [0, 0.1) is 13.8 Å². The van der Waals surface area contributed by atoms with Gasteiger partial charge in [0.05, 0.1) is 26.0 Å². The number of hydrogen-bond acceptors (Lipinski definition) is 7. The van der Waals surface area contributed by atoms with Crippen LogP contribution in [0.3, 0.4) is 0 Å². The molecule has 10 heteroatoms. The van der Waals surface area contributed by atoms with Crippen LogP contribution in [0.2, 0.25) is 5.02 Å². The molecule has 2 aromatic carbocycles. The van der Waals surface area contributed by atoms with Crippen molar-refractivity contribution in [3.05, 3.63) is 110 Å². The van der Waals surface area contributed by atoms with Gasteiger partial charge in [0, 0.05) is 29.8 Å². The lowest BCUT2D eigenvalue weighted by molar-refractivity contribution is 0.163. The summed E-state index contributed by atoms with van der Waals surface area (Å²) in [5.74, 6) is 1.26. The molecule has 0 bridgehead atoms. The van der Waals surface area contributed by atoms with Gasteiger partial charge in [-0.2, -0.15) is 0 Å². The average molecular weight is 533 g/mol. The zero-order valence-electron chi connectivity index (χ0n) is 21.5. The van der Waals surface area contributed by atoms with Crippen LogP contribution in [0.15, 0.2) is 70.1 Å². The molecular formula is C28H29ClN6O3. The van der Waals surface area contributed by atoms with E-state index in [1.807, 2.05) is 55.5 Å². The number of aryl methyl sites for hydroxylation is 2. The number of pyridine rings is 1. The van der Waals surface area contributed by atoms with Crippen LogP contribution in [-0.4, -0.2) is 43.8 Å². The van der Waals surface area contributed by atoms with Gasteiger partial charge in [-0.25, -0.2) is 4.68 Å². The number of ether oxygens (including phenoxy) is 1. The van der Waals surface area contributed by atoms with E-state index in [0.717, 1.165) is 33.4 Å². The Labute approximate surface area is 225 Å². The van der Waals surface area contributed by atoms with Crippen molar-refractivity contribution in [1.29, 1.82) is 0 Å². The molecule has 1 N–H and O–H groups in total. The first-order chi connectivity index (χ1) is 18.4. The highest BCUT2D eigenvalue weighted by atomic mass is 35.5. The van der Waals surface area contributed by atoms with Crippen molar-refractivity contribution in [2.75, 3.05) is 13.7 Å². The van der Waals surface area contributed by atoms with E-state index in [9.17, 15) is 4.79 Å². The van der Waals surface area contributed by atoms with Gasteiger partial charge in [-0.15, -0.1) is 5.10 Å². The molecule has 0 unspecified atom stereocenters. The lowest BCUT2D eigenvalue weighted by atomic mass is 10.00. The number of hydrogen-bond donors (Lipinski definition) is 1. The summed E-state index contributed by atoms with van der Waals surface area (Å²) in [5, 5.41) is 14.1. The zero-order chi connectivity index (χ0) is 26.6. The van der Waals surface area contributed by atoms with Crippen LogP contribution in [0.4, 0.5) is 0 Å². The van der Waals surface area contributed by atoms with Crippen molar-refractivity contribution in [1.82, 2.24) is 30.1 Å². The lowest BCUT2D eigenvalue weighted by Gasteiger charge is -2.30. The molecule has 0 saturated heterocycles. The quantitative estimate of drug-likeness (QED) is 0.275. The Kier molecular flexibility index (Phi) is 7.69. The first-order valence-corrected chi connectivity index (χ1v) is 12.7. The summed E-state index contributed by atoms with van der Waals surface area (Å²) < 4.78 is 12.7. The topological polar surface area (TPSA) is 102 Å². The van der Waals surface area contributed by atoms with Gasteiger partial charge in [-0.3, -0.25) is 9.69 Å². The minimum atomic E-state index is -0.613. The van der Waals surface area contributed by atoms with Crippen LogP contribution in [0.5, 0.6) is 0 Å². The second-order valence-corrected chi connectivity index (χ2v) is 9.72. The summed E-state index contributed by atoms with van der Waals surface area (Å²) >= 11 is 6.59. The largest absolute Gasteiger partial charge is 0.468 e. The van der Waals surface area contributed by atoms with E-state index >= 15 is 0 Å². The Bertz CT molecular complexity index is 1590. The molecule has 5 aromatic rings. The fourth-order valence-corrected chi connectivity index (χ4v) is 4.82. The first kappa shape index (κ1) is 25.8. The molecule has 0 aliphatic carbocycles. The van der Waals surface area contributed by atoms with E-state index in [-0.39, 0.29) is 5.56 Å². The number of rotatable bonds is 10. The number of methoxy groups -OCH3 is 1. The van der Waals surface area contributed by atoms with Crippen molar-refractivity contribution >= 4 is 22.5 Å². The monoisotopic (exact) mass is 532 g/mol. The van der Waals surface area contributed by atoms with Crippen LogP contribution < -0.4 is 5.56 Å². The number of fused-ring (bicyclic) bond motifs is 1. The predicted octanol–water partition coefficient (Wildman–Crippen LogP) is 4.82. The van der Waals surface area contributed by atoms with Gasteiger partial charge in [0.15, 0.2) is 5.82 Å².